The van der Waals surface area contributed by atoms with Crippen molar-refractivity contribution in [3.63, 3.8) is 0 Å². The Hall–Kier alpha value is -1.06. The maximum atomic E-state index is 9.26. The van der Waals surface area contributed by atoms with Crippen molar-refractivity contribution in [3.05, 3.63) is 30.3 Å². The Labute approximate surface area is 97.4 Å². The van der Waals surface area contributed by atoms with Crippen molar-refractivity contribution in [2.24, 2.45) is 0 Å². The van der Waals surface area contributed by atoms with E-state index in [1.807, 2.05) is 37.3 Å². The second-order valence-corrected chi connectivity index (χ2v) is 4.00. The van der Waals surface area contributed by atoms with Gasteiger partial charge in [0.2, 0.25) is 0 Å². The molecule has 0 radical (unpaired) electrons. The first-order valence-corrected chi connectivity index (χ1v) is 5.79. The highest BCUT2D eigenvalue weighted by Crippen LogP contribution is 2.08. The van der Waals surface area contributed by atoms with Gasteiger partial charge in [-0.15, -0.1) is 0 Å². The van der Waals surface area contributed by atoms with E-state index < -0.39 is 0 Å². The van der Waals surface area contributed by atoms with Crippen molar-refractivity contribution in [1.82, 2.24) is 5.32 Å². The third-order valence-corrected chi connectivity index (χ3v) is 2.52. The molecule has 2 N–H and O–H groups in total. The highest BCUT2D eigenvalue weighted by molar-refractivity contribution is 5.20. The van der Waals surface area contributed by atoms with E-state index in [9.17, 15) is 5.11 Å². The number of aliphatic hydroxyl groups is 1. The average Bonchev–Trinajstić information content (AvgIpc) is 2.29. The van der Waals surface area contributed by atoms with Crippen LogP contribution >= 0.6 is 0 Å². The van der Waals surface area contributed by atoms with Crippen LogP contribution in [0.4, 0.5) is 0 Å². The molecule has 0 heterocycles. The fraction of sp³-hybridized carbons (Fsp3) is 0.538. The van der Waals surface area contributed by atoms with Gasteiger partial charge in [-0.1, -0.05) is 18.2 Å². The standard InChI is InChI=1S/C13H21NO2/c1-11(12(2)15)14-9-6-10-16-13-7-4-3-5-8-13/h3-5,7-8,11-12,14-15H,6,9-10H2,1-2H3. The number of hydrogen-bond acceptors (Lipinski definition) is 3. The predicted molar refractivity (Wildman–Crippen MR) is 65.7 cm³/mol. The van der Waals surface area contributed by atoms with Crippen molar-refractivity contribution < 1.29 is 9.84 Å². The summed E-state index contributed by atoms with van der Waals surface area (Å²) in [6.45, 7) is 5.32. The minimum Gasteiger partial charge on any atom is -0.494 e. The lowest BCUT2D eigenvalue weighted by molar-refractivity contribution is 0.151. The molecule has 0 spiro atoms. The fourth-order valence-corrected chi connectivity index (χ4v) is 1.28. The number of nitrogens with one attached hydrogen (secondary N) is 1. The van der Waals surface area contributed by atoms with Crippen LogP contribution in [0.3, 0.4) is 0 Å². The van der Waals surface area contributed by atoms with Crippen molar-refractivity contribution in [1.29, 1.82) is 0 Å². The normalized spacial score (nSPS) is 14.4. The molecule has 0 fully saturated rings. The molecule has 0 saturated heterocycles. The summed E-state index contributed by atoms with van der Waals surface area (Å²) in [5.74, 6) is 0.908. The largest absolute Gasteiger partial charge is 0.494 e. The zero-order valence-electron chi connectivity index (χ0n) is 10.0. The van der Waals surface area contributed by atoms with Crippen LogP contribution in [0.2, 0.25) is 0 Å². The lowest BCUT2D eigenvalue weighted by Gasteiger charge is -2.16. The van der Waals surface area contributed by atoms with Crippen molar-refractivity contribution in [3.8, 4) is 5.75 Å². The summed E-state index contributed by atoms with van der Waals surface area (Å²) >= 11 is 0. The van der Waals surface area contributed by atoms with E-state index in [-0.39, 0.29) is 12.1 Å². The van der Waals surface area contributed by atoms with E-state index in [1.165, 1.54) is 0 Å². The molecule has 3 heteroatoms. The van der Waals surface area contributed by atoms with Crippen LogP contribution in [0.25, 0.3) is 0 Å². The summed E-state index contributed by atoms with van der Waals surface area (Å²) in [5, 5.41) is 12.5. The van der Waals surface area contributed by atoms with Crippen LogP contribution in [0.15, 0.2) is 30.3 Å². The molecule has 16 heavy (non-hydrogen) atoms. The quantitative estimate of drug-likeness (QED) is 0.693. The van der Waals surface area contributed by atoms with Gasteiger partial charge in [-0.05, 0) is 38.9 Å². The average molecular weight is 223 g/mol. The van der Waals surface area contributed by atoms with Gasteiger partial charge in [0.05, 0.1) is 12.7 Å². The predicted octanol–water partition coefficient (Wildman–Crippen LogP) is 1.81. The first-order chi connectivity index (χ1) is 7.70. The third kappa shape index (κ3) is 5.14. The highest BCUT2D eigenvalue weighted by atomic mass is 16.5. The molecule has 1 rings (SSSR count). The molecular weight excluding hydrogens is 202 g/mol. The number of para-hydroxylation sites is 1. The molecule has 2 unspecified atom stereocenters. The number of benzene rings is 1. The lowest BCUT2D eigenvalue weighted by Crippen LogP contribution is -2.36. The highest BCUT2D eigenvalue weighted by Gasteiger charge is 2.06. The Morgan fingerprint density at radius 1 is 1.25 bits per heavy atom. The second kappa shape index (κ2) is 7.25. The van der Waals surface area contributed by atoms with Gasteiger partial charge in [-0.3, -0.25) is 0 Å². The molecule has 0 aliphatic carbocycles. The van der Waals surface area contributed by atoms with Crippen LogP contribution in [-0.4, -0.2) is 30.4 Å². The Bertz CT molecular complexity index is 275. The van der Waals surface area contributed by atoms with Crippen LogP contribution < -0.4 is 10.1 Å². The monoisotopic (exact) mass is 223 g/mol. The van der Waals surface area contributed by atoms with Crippen LogP contribution in [0, 0.1) is 0 Å². The van der Waals surface area contributed by atoms with E-state index in [0.29, 0.717) is 6.61 Å². The molecule has 1 aromatic carbocycles. The van der Waals surface area contributed by atoms with E-state index in [0.717, 1.165) is 18.7 Å². The van der Waals surface area contributed by atoms with Crippen molar-refractivity contribution in [2.45, 2.75) is 32.4 Å². The molecule has 2 atom stereocenters. The van der Waals surface area contributed by atoms with Gasteiger partial charge in [-0.2, -0.15) is 0 Å². The van der Waals surface area contributed by atoms with Gasteiger partial charge < -0.3 is 15.2 Å². The van der Waals surface area contributed by atoms with Gasteiger partial charge >= 0.3 is 0 Å². The van der Waals surface area contributed by atoms with E-state index in [4.69, 9.17) is 4.74 Å². The van der Waals surface area contributed by atoms with E-state index in [2.05, 4.69) is 5.32 Å². The van der Waals surface area contributed by atoms with Crippen molar-refractivity contribution in [2.75, 3.05) is 13.2 Å². The maximum absolute atomic E-state index is 9.26. The molecule has 1 aromatic rings. The number of aliphatic hydroxyl groups excluding tert-OH is 1. The van der Waals surface area contributed by atoms with E-state index >= 15 is 0 Å². The SMILES string of the molecule is CC(O)C(C)NCCCOc1ccccc1. The molecule has 3 nitrogen and oxygen atoms in total. The zero-order valence-corrected chi connectivity index (χ0v) is 10.0. The van der Waals surface area contributed by atoms with Gasteiger partial charge in [0.1, 0.15) is 5.75 Å². The van der Waals surface area contributed by atoms with Gasteiger partial charge in [0.15, 0.2) is 0 Å². The first kappa shape index (κ1) is 13.0. The van der Waals surface area contributed by atoms with Gasteiger partial charge in [-0.25, -0.2) is 0 Å². The van der Waals surface area contributed by atoms with Crippen LogP contribution in [0.5, 0.6) is 5.75 Å². The molecule has 0 bridgehead atoms. The Morgan fingerprint density at radius 2 is 1.94 bits per heavy atom. The molecular formula is C13H21NO2. The summed E-state index contributed by atoms with van der Waals surface area (Å²) in [6.07, 6.45) is 0.626. The van der Waals surface area contributed by atoms with E-state index in [1.54, 1.807) is 6.92 Å². The second-order valence-electron chi connectivity index (χ2n) is 4.00. The molecule has 0 aromatic heterocycles. The van der Waals surface area contributed by atoms with Crippen molar-refractivity contribution >= 4 is 0 Å². The summed E-state index contributed by atoms with van der Waals surface area (Å²) in [6, 6.07) is 9.93. The minimum absolute atomic E-state index is 0.136. The van der Waals surface area contributed by atoms with Crippen LogP contribution in [0.1, 0.15) is 20.3 Å². The Kier molecular flexibility index (Phi) is 5.90. The Morgan fingerprint density at radius 3 is 2.56 bits per heavy atom. The summed E-state index contributed by atoms with van der Waals surface area (Å²) in [5.41, 5.74) is 0. The molecule has 0 aliphatic heterocycles. The topological polar surface area (TPSA) is 41.5 Å². The summed E-state index contributed by atoms with van der Waals surface area (Å²) in [7, 11) is 0. The molecule has 0 aliphatic rings. The first-order valence-electron chi connectivity index (χ1n) is 5.79. The third-order valence-electron chi connectivity index (χ3n) is 2.52. The number of ether oxygens (including phenoxy) is 1. The number of hydrogen-bond donors (Lipinski definition) is 2. The molecule has 0 saturated carbocycles. The Balaban J connectivity index is 2.04. The lowest BCUT2D eigenvalue weighted by atomic mass is 10.2. The fourth-order valence-electron chi connectivity index (χ4n) is 1.28. The summed E-state index contributed by atoms with van der Waals surface area (Å²) < 4.78 is 5.55. The smallest absolute Gasteiger partial charge is 0.119 e. The molecule has 90 valence electrons. The minimum atomic E-state index is -0.310. The van der Waals surface area contributed by atoms with Gasteiger partial charge in [0.25, 0.3) is 0 Å². The molecule has 0 amide bonds. The zero-order chi connectivity index (χ0) is 11.8. The number of rotatable bonds is 7. The summed E-state index contributed by atoms with van der Waals surface area (Å²) in [4.78, 5) is 0. The maximum Gasteiger partial charge on any atom is 0.119 e. The van der Waals surface area contributed by atoms with Gasteiger partial charge in [0, 0.05) is 6.04 Å². The van der Waals surface area contributed by atoms with Crippen LogP contribution in [-0.2, 0) is 0 Å².